The molecule has 4 nitrogen and oxygen atoms in total. The van der Waals surface area contributed by atoms with E-state index in [4.69, 9.17) is 11.6 Å². The predicted octanol–water partition coefficient (Wildman–Crippen LogP) is 3.94. The van der Waals surface area contributed by atoms with Crippen LogP contribution in [0.2, 0.25) is 5.02 Å². The van der Waals surface area contributed by atoms with Crippen molar-refractivity contribution >= 4 is 28.9 Å². The molecule has 1 N–H and O–H groups in total. The van der Waals surface area contributed by atoms with Crippen molar-refractivity contribution in [3.05, 3.63) is 58.9 Å². The van der Waals surface area contributed by atoms with Gasteiger partial charge < -0.3 is 10.2 Å². The van der Waals surface area contributed by atoms with Crippen molar-refractivity contribution in [2.24, 2.45) is 0 Å². The molecule has 0 aromatic heterocycles. The first-order chi connectivity index (χ1) is 12.5. The van der Waals surface area contributed by atoms with Gasteiger partial charge in [-0.15, -0.1) is 0 Å². The smallest absolute Gasteiger partial charge is 0.225 e. The monoisotopic (exact) mass is 375 g/mol. The molecule has 1 fully saturated rings. The summed E-state index contributed by atoms with van der Waals surface area (Å²) in [6.45, 7) is 5.73. The van der Waals surface area contributed by atoms with E-state index < -0.39 is 0 Å². The van der Waals surface area contributed by atoms with Crippen LogP contribution in [0.15, 0.2) is 42.5 Å². The Balaban J connectivity index is 1.46. The Morgan fingerprint density at radius 1 is 1.12 bits per heavy atom. The summed E-state index contributed by atoms with van der Waals surface area (Å²) in [5.74, 6) is -0.205. The van der Waals surface area contributed by atoms with E-state index in [9.17, 15) is 9.18 Å². The largest absolute Gasteiger partial charge is 0.367 e. The summed E-state index contributed by atoms with van der Waals surface area (Å²) in [6, 6.07) is 12.3. The van der Waals surface area contributed by atoms with Gasteiger partial charge in [-0.1, -0.05) is 29.8 Å². The van der Waals surface area contributed by atoms with Crippen molar-refractivity contribution < 1.29 is 9.18 Å². The van der Waals surface area contributed by atoms with Gasteiger partial charge in [-0.05, 0) is 36.8 Å². The molecular formula is C20H23ClFN3O. The highest BCUT2D eigenvalue weighted by Gasteiger charge is 2.19. The number of amides is 1. The van der Waals surface area contributed by atoms with E-state index >= 15 is 0 Å². The molecule has 0 radical (unpaired) electrons. The van der Waals surface area contributed by atoms with E-state index in [0.29, 0.717) is 23.7 Å². The molecule has 0 saturated carbocycles. The molecule has 0 atom stereocenters. The zero-order valence-electron chi connectivity index (χ0n) is 14.8. The number of para-hydroxylation sites is 1. The third kappa shape index (κ3) is 4.54. The third-order valence-corrected chi connectivity index (χ3v) is 5.17. The fraction of sp³-hybridized carbons (Fsp3) is 0.350. The van der Waals surface area contributed by atoms with Gasteiger partial charge >= 0.3 is 0 Å². The van der Waals surface area contributed by atoms with Crippen LogP contribution in [0, 0.1) is 12.7 Å². The molecule has 0 spiro atoms. The summed E-state index contributed by atoms with van der Waals surface area (Å²) >= 11 is 6.08. The number of benzene rings is 2. The molecule has 1 aliphatic heterocycles. The number of nitrogens with one attached hydrogen (secondary N) is 1. The number of anilines is 2. The second-order valence-corrected chi connectivity index (χ2v) is 6.90. The molecule has 0 aliphatic carbocycles. The molecule has 2 aromatic rings. The summed E-state index contributed by atoms with van der Waals surface area (Å²) in [5, 5.41) is 3.57. The predicted molar refractivity (Wildman–Crippen MR) is 104 cm³/mol. The maximum absolute atomic E-state index is 13.9. The van der Waals surface area contributed by atoms with Gasteiger partial charge in [0.1, 0.15) is 5.82 Å². The van der Waals surface area contributed by atoms with Gasteiger partial charge in [0.25, 0.3) is 0 Å². The Hall–Kier alpha value is -2.11. The van der Waals surface area contributed by atoms with Crippen LogP contribution >= 0.6 is 11.6 Å². The van der Waals surface area contributed by atoms with Crippen molar-refractivity contribution in [1.82, 2.24) is 4.90 Å². The zero-order valence-corrected chi connectivity index (χ0v) is 15.6. The van der Waals surface area contributed by atoms with Gasteiger partial charge in [-0.3, -0.25) is 9.69 Å². The third-order valence-electron chi connectivity index (χ3n) is 4.76. The van der Waals surface area contributed by atoms with Crippen molar-refractivity contribution in [3.63, 3.8) is 0 Å². The van der Waals surface area contributed by atoms with Gasteiger partial charge in [-0.2, -0.15) is 0 Å². The molecule has 138 valence electrons. The number of hydrogen-bond acceptors (Lipinski definition) is 3. The van der Waals surface area contributed by atoms with E-state index in [1.54, 1.807) is 6.07 Å². The Kier molecular flexibility index (Phi) is 6.12. The molecule has 6 heteroatoms. The number of rotatable bonds is 5. The lowest BCUT2D eigenvalue weighted by Crippen LogP contribution is -2.47. The molecule has 0 unspecified atom stereocenters. The highest BCUT2D eigenvalue weighted by atomic mass is 35.5. The summed E-state index contributed by atoms with van der Waals surface area (Å²) in [6.07, 6.45) is 0.422. The van der Waals surface area contributed by atoms with Gasteiger partial charge in [0, 0.05) is 49.9 Å². The molecule has 1 amide bonds. The Morgan fingerprint density at radius 3 is 2.58 bits per heavy atom. The molecule has 26 heavy (non-hydrogen) atoms. The van der Waals surface area contributed by atoms with Crippen molar-refractivity contribution in [2.75, 3.05) is 42.9 Å². The minimum Gasteiger partial charge on any atom is -0.367 e. The number of carbonyl (C=O) groups excluding carboxylic acids is 1. The van der Waals surface area contributed by atoms with E-state index in [1.807, 2.05) is 37.3 Å². The van der Waals surface area contributed by atoms with Crippen LogP contribution in [0.5, 0.6) is 0 Å². The van der Waals surface area contributed by atoms with Crippen LogP contribution in [0.4, 0.5) is 15.8 Å². The Labute approximate surface area is 158 Å². The highest BCUT2D eigenvalue weighted by Crippen LogP contribution is 2.23. The number of nitrogens with zero attached hydrogens (tertiary/aromatic N) is 2. The fourth-order valence-electron chi connectivity index (χ4n) is 3.14. The molecule has 1 heterocycles. The topological polar surface area (TPSA) is 35.6 Å². The lowest BCUT2D eigenvalue weighted by atomic mass is 10.2. The first-order valence-corrected chi connectivity index (χ1v) is 9.19. The van der Waals surface area contributed by atoms with Crippen LogP contribution in [0.3, 0.4) is 0 Å². The Morgan fingerprint density at radius 2 is 1.85 bits per heavy atom. The number of piperazine rings is 1. The maximum Gasteiger partial charge on any atom is 0.225 e. The van der Waals surface area contributed by atoms with Crippen LogP contribution in [-0.4, -0.2) is 43.5 Å². The molecular weight excluding hydrogens is 353 g/mol. The van der Waals surface area contributed by atoms with Crippen molar-refractivity contribution in [1.29, 1.82) is 0 Å². The lowest BCUT2D eigenvalue weighted by Gasteiger charge is -2.36. The summed E-state index contributed by atoms with van der Waals surface area (Å²) in [7, 11) is 0. The minimum absolute atomic E-state index is 0.0214. The molecule has 2 aromatic carbocycles. The van der Waals surface area contributed by atoms with E-state index in [1.165, 1.54) is 6.07 Å². The van der Waals surface area contributed by atoms with Crippen LogP contribution in [-0.2, 0) is 4.79 Å². The average molecular weight is 376 g/mol. The van der Waals surface area contributed by atoms with Gasteiger partial charge in [0.15, 0.2) is 0 Å². The van der Waals surface area contributed by atoms with Crippen LogP contribution in [0.1, 0.15) is 12.0 Å². The second kappa shape index (κ2) is 8.52. The normalized spacial score (nSPS) is 15.1. The fourth-order valence-corrected chi connectivity index (χ4v) is 3.31. The average Bonchev–Trinajstić information content (AvgIpc) is 2.65. The molecule has 1 aliphatic rings. The van der Waals surface area contributed by atoms with Gasteiger partial charge in [0.05, 0.1) is 5.69 Å². The highest BCUT2D eigenvalue weighted by molar-refractivity contribution is 6.31. The quantitative estimate of drug-likeness (QED) is 0.859. The zero-order chi connectivity index (χ0) is 18.5. The second-order valence-electron chi connectivity index (χ2n) is 6.49. The lowest BCUT2D eigenvalue weighted by molar-refractivity contribution is -0.116. The van der Waals surface area contributed by atoms with Crippen molar-refractivity contribution in [3.8, 4) is 0 Å². The molecule has 1 saturated heterocycles. The van der Waals surface area contributed by atoms with Gasteiger partial charge in [0.2, 0.25) is 5.91 Å². The molecule has 3 rings (SSSR count). The van der Waals surface area contributed by atoms with E-state index in [0.717, 1.165) is 37.4 Å². The first kappa shape index (κ1) is 18.7. The summed E-state index contributed by atoms with van der Waals surface area (Å²) in [4.78, 5) is 16.5. The number of carbonyl (C=O) groups is 1. The summed E-state index contributed by atoms with van der Waals surface area (Å²) < 4.78 is 13.9. The van der Waals surface area contributed by atoms with E-state index in [-0.39, 0.29) is 11.7 Å². The summed E-state index contributed by atoms with van der Waals surface area (Å²) in [5.41, 5.74) is 2.29. The Bertz CT molecular complexity index is 775. The van der Waals surface area contributed by atoms with Crippen molar-refractivity contribution in [2.45, 2.75) is 13.3 Å². The van der Waals surface area contributed by atoms with Gasteiger partial charge in [-0.25, -0.2) is 4.39 Å². The minimum atomic E-state index is -0.183. The number of hydrogen-bond donors (Lipinski definition) is 1. The standard InChI is InChI=1S/C20H23ClFN3O/c1-15-16(21)5-4-7-18(15)23-20(26)9-10-24-11-13-25(14-12-24)19-8-3-2-6-17(19)22/h2-8H,9-14H2,1H3,(H,23,26). The first-order valence-electron chi connectivity index (χ1n) is 8.81. The molecule has 0 bridgehead atoms. The van der Waals surface area contributed by atoms with Crippen LogP contribution < -0.4 is 10.2 Å². The maximum atomic E-state index is 13.9. The van der Waals surface area contributed by atoms with E-state index in [2.05, 4.69) is 15.1 Å². The SMILES string of the molecule is Cc1c(Cl)cccc1NC(=O)CCN1CCN(c2ccccc2F)CC1. The number of halogens is 2. The van der Waals surface area contributed by atoms with Crippen LogP contribution in [0.25, 0.3) is 0 Å².